The third-order valence-electron chi connectivity index (χ3n) is 5.95. The SMILES string of the molecule is CCN=C(NC1CCN(C2CC2)CC1)NC1CC1c1ccccc1C. The Hall–Kier alpha value is -1.55. The van der Waals surface area contributed by atoms with Crippen molar-refractivity contribution < 1.29 is 0 Å². The number of hydrogen-bond acceptors (Lipinski definition) is 2. The van der Waals surface area contributed by atoms with Crippen LogP contribution in [0.3, 0.4) is 0 Å². The molecule has 2 unspecified atom stereocenters. The molecule has 0 amide bonds. The lowest BCUT2D eigenvalue weighted by atomic mass is 10.0. The summed E-state index contributed by atoms with van der Waals surface area (Å²) in [6.07, 6.45) is 6.54. The Bertz CT molecular complexity index is 614. The molecular weight excluding hydrogens is 308 g/mol. The molecule has 4 heteroatoms. The molecule has 2 saturated carbocycles. The molecule has 2 N–H and O–H groups in total. The van der Waals surface area contributed by atoms with E-state index in [-0.39, 0.29) is 0 Å². The average molecular weight is 341 g/mol. The van der Waals surface area contributed by atoms with E-state index in [1.807, 2.05) is 0 Å². The molecule has 2 aliphatic carbocycles. The number of piperidine rings is 1. The van der Waals surface area contributed by atoms with E-state index in [4.69, 9.17) is 4.99 Å². The topological polar surface area (TPSA) is 39.7 Å². The number of benzene rings is 1. The quantitative estimate of drug-likeness (QED) is 0.639. The Labute approximate surface area is 152 Å². The summed E-state index contributed by atoms with van der Waals surface area (Å²) >= 11 is 0. The number of nitrogens with zero attached hydrogens (tertiary/aromatic N) is 2. The molecule has 0 radical (unpaired) electrons. The molecule has 1 aromatic rings. The zero-order chi connectivity index (χ0) is 17.2. The summed E-state index contributed by atoms with van der Waals surface area (Å²) in [7, 11) is 0. The van der Waals surface area contributed by atoms with Gasteiger partial charge >= 0.3 is 0 Å². The predicted octanol–water partition coefficient (Wildman–Crippen LogP) is 3.03. The maximum atomic E-state index is 4.70. The van der Waals surface area contributed by atoms with Gasteiger partial charge < -0.3 is 15.5 Å². The first-order valence-electron chi connectivity index (χ1n) is 10.1. The van der Waals surface area contributed by atoms with Crippen molar-refractivity contribution in [3.05, 3.63) is 35.4 Å². The summed E-state index contributed by atoms with van der Waals surface area (Å²) in [4.78, 5) is 7.37. The molecule has 1 saturated heterocycles. The minimum atomic E-state index is 0.533. The monoisotopic (exact) mass is 340 g/mol. The maximum absolute atomic E-state index is 4.70. The standard InChI is InChI=1S/C21H32N4/c1-3-22-21(23-16-10-12-25(13-11-16)17-8-9-17)24-20-14-19(20)18-7-5-4-6-15(18)2/h4-7,16-17,19-20H,3,8-14H2,1-2H3,(H2,22,23,24). The number of aryl methyl sites for hydroxylation is 1. The van der Waals surface area contributed by atoms with Gasteiger partial charge in [0.1, 0.15) is 0 Å². The van der Waals surface area contributed by atoms with E-state index < -0.39 is 0 Å². The van der Waals surface area contributed by atoms with Crippen molar-refractivity contribution in [2.45, 2.75) is 70.0 Å². The van der Waals surface area contributed by atoms with Crippen LogP contribution < -0.4 is 10.6 Å². The Kier molecular flexibility index (Phi) is 4.98. The van der Waals surface area contributed by atoms with Crippen molar-refractivity contribution in [3.8, 4) is 0 Å². The first kappa shape index (κ1) is 16.9. The molecule has 136 valence electrons. The van der Waals surface area contributed by atoms with Crippen molar-refractivity contribution in [2.24, 2.45) is 4.99 Å². The molecule has 4 rings (SSSR count). The van der Waals surface area contributed by atoms with Crippen LogP contribution in [-0.4, -0.2) is 48.6 Å². The van der Waals surface area contributed by atoms with Crippen molar-refractivity contribution in [2.75, 3.05) is 19.6 Å². The molecule has 25 heavy (non-hydrogen) atoms. The zero-order valence-electron chi connectivity index (χ0n) is 15.7. The fraction of sp³-hybridized carbons (Fsp3) is 0.667. The van der Waals surface area contributed by atoms with Gasteiger partial charge in [-0.1, -0.05) is 24.3 Å². The largest absolute Gasteiger partial charge is 0.354 e. The van der Waals surface area contributed by atoms with E-state index in [1.54, 1.807) is 0 Å². The molecule has 1 aliphatic heterocycles. The van der Waals surface area contributed by atoms with Crippen molar-refractivity contribution >= 4 is 5.96 Å². The Balaban J connectivity index is 1.29. The van der Waals surface area contributed by atoms with Gasteiger partial charge in [-0.15, -0.1) is 0 Å². The van der Waals surface area contributed by atoms with Gasteiger partial charge in [0.25, 0.3) is 0 Å². The Morgan fingerprint density at radius 1 is 1.12 bits per heavy atom. The second-order valence-electron chi connectivity index (χ2n) is 7.96. The van der Waals surface area contributed by atoms with Crippen LogP contribution in [0.4, 0.5) is 0 Å². The molecule has 3 fully saturated rings. The van der Waals surface area contributed by atoms with Gasteiger partial charge in [0, 0.05) is 43.7 Å². The van der Waals surface area contributed by atoms with Gasteiger partial charge in [0.15, 0.2) is 5.96 Å². The molecule has 0 spiro atoms. The lowest BCUT2D eigenvalue weighted by molar-refractivity contribution is 0.197. The van der Waals surface area contributed by atoms with Crippen LogP contribution in [0.25, 0.3) is 0 Å². The van der Waals surface area contributed by atoms with Crippen molar-refractivity contribution in [3.63, 3.8) is 0 Å². The first-order chi connectivity index (χ1) is 12.2. The Morgan fingerprint density at radius 3 is 2.56 bits per heavy atom. The molecule has 0 aromatic heterocycles. The van der Waals surface area contributed by atoms with Crippen molar-refractivity contribution in [1.82, 2.24) is 15.5 Å². The fourth-order valence-electron chi connectivity index (χ4n) is 4.21. The molecule has 3 aliphatic rings. The highest BCUT2D eigenvalue weighted by Gasteiger charge is 2.40. The van der Waals surface area contributed by atoms with Gasteiger partial charge in [-0.25, -0.2) is 0 Å². The maximum Gasteiger partial charge on any atom is 0.191 e. The highest BCUT2D eigenvalue weighted by Crippen LogP contribution is 2.42. The lowest BCUT2D eigenvalue weighted by Crippen LogP contribution is -2.49. The normalized spacial score (nSPS) is 28.0. The Morgan fingerprint density at radius 2 is 1.88 bits per heavy atom. The molecule has 4 nitrogen and oxygen atoms in total. The summed E-state index contributed by atoms with van der Waals surface area (Å²) in [6.45, 7) is 7.66. The van der Waals surface area contributed by atoms with Crippen molar-refractivity contribution in [1.29, 1.82) is 0 Å². The van der Waals surface area contributed by atoms with E-state index in [1.165, 1.54) is 56.3 Å². The number of hydrogen-bond donors (Lipinski definition) is 2. The summed E-state index contributed by atoms with van der Waals surface area (Å²) in [5.74, 6) is 1.66. The average Bonchev–Trinajstić information content (AvgIpc) is 3.52. The smallest absolute Gasteiger partial charge is 0.191 e. The van der Waals surface area contributed by atoms with Crippen LogP contribution in [0.1, 0.15) is 56.1 Å². The van der Waals surface area contributed by atoms with E-state index >= 15 is 0 Å². The van der Waals surface area contributed by atoms with Gasteiger partial charge in [0.2, 0.25) is 0 Å². The number of aliphatic imine (C=N–C) groups is 1. The molecule has 1 heterocycles. The highest BCUT2D eigenvalue weighted by molar-refractivity contribution is 5.81. The molecule has 2 atom stereocenters. The van der Waals surface area contributed by atoms with Gasteiger partial charge in [-0.2, -0.15) is 0 Å². The molecule has 1 aromatic carbocycles. The molecule has 0 bridgehead atoms. The number of rotatable bonds is 5. The number of guanidine groups is 1. The lowest BCUT2D eigenvalue weighted by Gasteiger charge is -2.33. The van der Waals surface area contributed by atoms with Crippen LogP contribution in [0.5, 0.6) is 0 Å². The van der Waals surface area contributed by atoms with E-state index in [0.29, 0.717) is 18.0 Å². The zero-order valence-corrected chi connectivity index (χ0v) is 15.7. The van der Waals surface area contributed by atoms with Crippen LogP contribution in [0.2, 0.25) is 0 Å². The number of nitrogens with one attached hydrogen (secondary N) is 2. The van der Waals surface area contributed by atoms with E-state index in [0.717, 1.165) is 18.5 Å². The van der Waals surface area contributed by atoms with Crippen LogP contribution in [0, 0.1) is 6.92 Å². The second-order valence-corrected chi connectivity index (χ2v) is 7.96. The number of likely N-dealkylation sites (tertiary alicyclic amines) is 1. The summed E-state index contributed by atoms with van der Waals surface area (Å²) < 4.78 is 0. The predicted molar refractivity (Wildman–Crippen MR) is 104 cm³/mol. The summed E-state index contributed by atoms with van der Waals surface area (Å²) in [5.41, 5.74) is 2.90. The minimum absolute atomic E-state index is 0.533. The van der Waals surface area contributed by atoms with Gasteiger partial charge in [-0.3, -0.25) is 4.99 Å². The molecular formula is C21H32N4. The summed E-state index contributed by atoms with van der Waals surface area (Å²) in [5, 5.41) is 7.39. The third-order valence-corrected chi connectivity index (χ3v) is 5.95. The minimum Gasteiger partial charge on any atom is -0.354 e. The van der Waals surface area contributed by atoms with Crippen LogP contribution >= 0.6 is 0 Å². The van der Waals surface area contributed by atoms with E-state index in [9.17, 15) is 0 Å². The third kappa shape index (κ3) is 4.17. The van der Waals surface area contributed by atoms with Gasteiger partial charge in [-0.05, 0) is 57.1 Å². The fourth-order valence-corrected chi connectivity index (χ4v) is 4.21. The van der Waals surface area contributed by atoms with E-state index in [2.05, 4.69) is 53.6 Å². The second kappa shape index (κ2) is 7.36. The summed E-state index contributed by atoms with van der Waals surface area (Å²) in [6, 6.07) is 10.8. The van der Waals surface area contributed by atoms with Crippen LogP contribution in [0.15, 0.2) is 29.3 Å². The first-order valence-corrected chi connectivity index (χ1v) is 10.1. The van der Waals surface area contributed by atoms with Gasteiger partial charge in [0.05, 0.1) is 0 Å². The van der Waals surface area contributed by atoms with Crippen LogP contribution in [-0.2, 0) is 0 Å². The highest BCUT2D eigenvalue weighted by atomic mass is 15.2.